The summed E-state index contributed by atoms with van der Waals surface area (Å²) in [6.07, 6.45) is 1.96. The smallest absolute Gasteiger partial charge is 0.258 e. The Kier molecular flexibility index (Phi) is 5.86. The third-order valence-electron chi connectivity index (χ3n) is 5.63. The lowest BCUT2D eigenvalue weighted by Gasteiger charge is -2.32. The van der Waals surface area contributed by atoms with Crippen molar-refractivity contribution < 1.29 is 14.3 Å². The number of aromatic nitrogens is 2. The van der Waals surface area contributed by atoms with Crippen LogP contribution in [-0.2, 0) is 9.59 Å². The Bertz CT molecular complexity index is 1090. The Labute approximate surface area is 184 Å². The van der Waals surface area contributed by atoms with Crippen molar-refractivity contribution in [2.45, 2.75) is 32.1 Å². The second-order valence-corrected chi connectivity index (χ2v) is 8.42. The van der Waals surface area contributed by atoms with E-state index < -0.39 is 17.4 Å². The van der Waals surface area contributed by atoms with Gasteiger partial charge >= 0.3 is 0 Å². The molecule has 0 unspecified atom stereocenters. The van der Waals surface area contributed by atoms with Gasteiger partial charge in [-0.1, -0.05) is 18.5 Å². The van der Waals surface area contributed by atoms with E-state index in [1.54, 1.807) is 18.2 Å². The minimum Gasteiger partial charge on any atom is -0.495 e. The highest BCUT2D eigenvalue weighted by Crippen LogP contribution is 2.33. The highest BCUT2D eigenvalue weighted by molar-refractivity contribution is 6.31. The van der Waals surface area contributed by atoms with Crippen molar-refractivity contribution in [3.8, 4) is 5.75 Å². The van der Waals surface area contributed by atoms with Gasteiger partial charge in [0, 0.05) is 24.5 Å². The summed E-state index contributed by atoms with van der Waals surface area (Å²) in [5.41, 5.74) is 0.0687. The normalized spacial score (nSPS) is 20.6. The Balaban J connectivity index is 1.66. The summed E-state index contributed by atoms with van der Waals surface area (Å²) in [5, 5.41) is 5.79. The molecule has 31 heavy (non-hydrogen) atoms. The van der Waals surface area contributed by atoms with Crippen molar-refractivity contribution in [1.29, 1.82) is 0 Å². The van der Waals surface area contributed by atoms with Crippen molar-refractivity contribution >= 4 is 40.9 Å². The van der Waals surface area contributed by atoms with Gasteiger partial charge in [-0.2, -0.15) is 4.98 Å². The molecule has 2 aliphatic rings. The molecule has 4 rings (SSSR count). The number of H-pyrrole nitrogens is 1. The highest BCUT2D eigenvalue weighted by Gasteiger charge is 2.35. The summed E-state index contributed by atoms with van der Waals surface area (Å²) >= 11 is 6.03. The quantitative estimate of drug-likeness (QED) is 0.666. The summed E-state index contributed by atoms with van der Waals surface area (Å²) in [6.45, 7) is 3.70. The molecular weight excluding hydrogens is 422 g/mol. The van der Waals surface area contributed by atoms with E-state index in [2.05, 4.69) is 27.5 Å². The Morgan fingerprint density at radius 2 is 2.16 bits per heavy atom. The zero-order chi connectivity index (χ0) is 22.1. The minimum absolute atomic E-state index is 0.131. The first-order chi connectivity index (χ1) is 14.9. The molecule has 0 aliphatic carbocycles. The molecule has 1 aromatic carbocycles. The fourth-order valence-electron chi connectivity index (χ4n) is 4.11. The standard InChI is InChI=1S/C21H24ClN5O4/c1-11-4-3-7-27(10-11)21-25-18-17(20(30)26-21)13(9-16(28)24-18)19(29)23-14-8-12(22)5-6-15(14)31-2/h5-6,8,11,13H,3-4,7,9-10H2,1-2H3,(H,23,29)(H2,24,25,26,28,30)/t11-,13+/m1/s1. The molecule has 1 saturated heterocycles. The first kappa shape index (κ1) is 21.2. The van der Waals surface area contributed by atoms with Gasteiger partial charge in [0.25, 0.3) is 5.56 Å². The number of halogens is 1. The number of benzene rings is 1. The molecule has 3 N–H and O–H groups in total. The van der Waals surface area contributed by atoms with E-state index in [4.69, 9.17) is 16.3 Å². The largest absolute Gasteiger partial charge is 0.495 e. The van der Waals surface area contributed by atoms with Gasteiger partial charge in [-0.05, 0) is 37.0 Å². The third kappa shape index (κ3) is 4.36. The van der Waals surface area contributed by atoms with Gasteiger partial charge < -0.3 is 20.3 Å². The van der Waals surface area contributed by atoms with Gasteiger partial charge in [0.2, 0.25) is 17.8 Å². The number of amides is 2. The lowest BCUT2D eigenvalue weighted by Crippen LogP contribution is -2.40. The van der Waals surface area contributed by atoms with E-state index in [9.17, 15) is 14.4 Å². The van der Waals surface area contributed by atoms with Crippen LogP contribution in [0.5, 0.6) is 5.75 Å². The number of nitrogens with one attached hydrogen (secondary N) is 3. The zero-order valence-corrected chi connectivity index (χ0v) is 18.1. The van der Waals surface area contributed by atoms with E-state index in [1.807, 2.05) is 4.90 Å². The maximum atomic E-state index is 13.1. The molecule has 0 saturated carbocycles. The van der Waals surface area contributed by atoms with Crippen LogP contribution in [-0.4, -0.2) is 42.0 Å². The van der Waals surface area contributed by atoms with Gasteiger partial charge in [0.05, 0.1) is 24.3 Å². The molecule has 0 spiro atoms. The number of anilines is 3. The molecule has 2 amide bonds. The number of carbonyl (C=O) groups excluding carboxylic acids is 2. The summed E-state index contributed by atoms with van der Waals surface area (Å²) in [7, 11) is 1.47. The molecule has 10 heteroatoms. The minimum atomic E-state index is -0.988. The molecule has 2 aromatic rings. The maximum Gasteiger partial charge on any atom is 0.258 e. The maximum absolute atomic E-state index is 13.1. The molecule has 2 aliphatic heterocycles. The topological polar surface area (TPSA) is 116 Å². The van der Waals surface area contributed by atoms with E-state index in [1.165, 1.54) is 7.11 Å². The van der Waals surface area contributed by atoms with Crippen LogP contribution in [0.2, 0.25) is 5.02 Å². The van der Waals surface area contributed by atoms with Crippen molar-refractivity contribution in [3.63, 3.8) is 0 Å². The number of aromatic amines is 1. The summed E-state index contributed by atoms with van der Waals surface area (Å²) < 4.78 is 5.26. The summed E-state index contributed by atoms with van der Waals surface area (Å²) in [5.74, 6) is -0.432. The number of hydrogen-bond donors (Lipinski definition) is 3. The summed E-state index contributed by atoms with van der Waals surface area (Å²) in [4.78, 5) is 47.6. The average Bonchev–Trinajstić information content (AvgIpc) is 2.73. The van der Waals surface area contributed by atoms with Crippen LogP contribution >= 0.6 is 11.6 Å². The van der Waals surface area contributed by atoms with Gasteiger partial charge in [-0.25, -0.2) is 0 Å². The molecule has 0 radical (unpaired) electrons. The van der Waals surface area contributed by atoms with Crippen LogP contribution in [0.15, 0.2) is 23.0 Å². The van der Waals surface area contributed by atoms with E-state index >= 15 is 0 Å². The first-order valence-corrected chi connectivity index (χ1v) is 10.6. The lowest BCUT2D eigenvalue weighted by atomic mass is 9.92. The van der Waals surface area contributed by atoms with Gasteiger partial charge in [0.1, 0.15) is 11.6 Å². The third-order valence-corrected chi connectivity index (χ3v) is 5.87. The van der Waals surface area contributed by atoms with E-state index in [0.29, 0.717) is 28.3 Å². The molecule has 1 aromatic heterocycles. The van der Waals surface area contributed by atoms with Crippen LogP contribution in [0.25, 0.3) is 0 Å². The Morgan fingerprint density at radius 3 is 2.90 bits per heavy atom. The molecule has 2 atom stereocenters. The van der Waals surface area contributed by atoms with Crippen LogP contribution in [0, 0.1) is 5.92 Å². The monoisotopic (exact) mass is 445 g/mol. The molecule has 1 fully saturated rings. The Morgan fingerprint density at radius 1 is 1.35 bits per heavy atom. The SMILES string of the molecule is COc1ccc(Cl)cc1NC(=O)[C@H]1CC(=O)Nc2nc(N3CCC[C@@H](C)C3)[nH]c(=O)c21. The lowest BCUT2D eigenvalue weighted by molar-refractivity contribution is -0.123. The van der Waals surface area contributed by atoms with Crippen LogP contribution in [0.1, 0.15) is 37.7 Å². The van der Waals surface area contributed by atoms with E-state index in [0.717, 1.165) is 25.9 Å². The molecule has 164 valence electrons. The van der Waals surface area contributed by atoms with Crippen molar-refractivity contribution in [2.75, 3.05) is 35.7 Å². The number of methoxy groups -OCH3 is 1. The number of piperidine rings is 1. The zero-order valence-electron chi connectivity index (χ0n) is 17.3. The Hall–Kier alpha value is -3.07. The van der Waals surface area contributed by atoms with Crippen molar-refractivity contribution in [3.05, 3.63) is 39.1 Å². The number of nitrogens with zero attached hydrogens (tertiary/aromatic N) is 2. The average molecular weight is 446 g/mol. The fourth-order valence-corrected chi connectivity index (χ4v) is 4.28. The molecule has 9 nitrogen and oxygen atoms in total. The van der Waals surface area contributed by atoms with Crippen molar-refractivity contribution in [1.82, 2.24) is 9.97 Å². The number of rotatable bonds is 4. The van der Waals surface area contributed by atoms with Crippen LogP contribution in [0.3, 0.4) is 0 Å². The fraction of sp³-hybridized carbons (Fsp3) is 0.429. The number of carbonyl (C=O) groups is 2. The predicted molar refractivity (Wildman–Crippen MR) is 118 cm³/mol. The number of hydrogen-bond acceptors (Lipinski definition) is 6. The van der Waals surface area contributed by atoms with Crippen LogP contribution < -0.4 is 25.8 Å². The molecule has 3 heterocycles. The van der Waals surface area contributed by atoms with Gasteiger partial charge in [-0.3, -0.25) is 19.4 Å². The van der Waals surface area contributed by atoms with Crippen molar-refractivity contribution in [2.24, 2.45) is 5.92 Å². The molecule has 0 bridgehead atoms. The predicted octanol–water partition coefficient (Wildman–Crippen LogP) is 2.73. The van der Waals surface area contributed by atoms with Gasteiger partial charge in [-0.15, -0.1) is 0 Å². The van der Waals surface area contributed by atoms with Gasteiger partial charge in [0.15, 0.2) is 0 Å². The highest BCUT2D eigenvalue weighted by atomic mass is 35.5. The number of fused-ring (bicyclic) bond motifs is 1. The van der Waals surface area contributed by atoms with E-state index in [-0.39, 0.29) is 23.7 Å². The second-order valence-electron chi connectivity index (χ2n) is 7.98. The summed E-state index contributed by atoms with van der Waals surface area (Å²) in [6, 6.07) is 4.81. The molecular formula is C21H24ClN5O4. The number of ether oxygens (including phenoxy) is 1. The second kappa shape index (κ2) is 8.58. The van der Waals surface area contributed by atoms with Crippen LogP contribution in [0.4, 0.5) is 17.5 Å². The first-order valence-electron chi connectivity index (χ1n) is 10.2.